The minimum absolute atomic E-state index is 0.185. The summed E-state index contributed by atoms with van der Waals surface area (Å²) in [6.45, 7) is 2.25. The van der Waals surface area contributed by atoms with Crippen molar-refractivity contribution in [3.05, 3.63) is 35.6 Å². The minimum Gasteiger partial charge on any atom is -0.391 e. The minimum atomic E-state index is -0.229. The lowest BCUT2D eigenvalue weighted by molar-refractivity contribution is 0.0590. The third kappa shape index (κ3) is 2.82. The van der Waals surface area contributed by atoms with Gasteiger partial charge in [0.15, 0.2) is 0 Å². The molecule has 2 aliphatic rings. The summed E-state index contributed by atoms with van der Waals surface area (Å²) in [6.07, 6.45) is 5.42. The van der Waals surface area contributed by atoms with E-state index >= 15 is 0 Å². The Morgan fingerprint density at radius 3 is 2.37 bits per heavy atom. The first-order valence-corrected chi connectivity index (χ1v) is 7.41. The van der Waals surface area contributed by atoms with Gasteiger partial charge in [0.1, 0.15) is 5.82 Å². The first-order valence-electron chi connectivity index (χ1n) is 7.41. The lowest BCUT2D eigenvalue weighted by atomic mass is 9.97. The van der Waals surface area contributed by atoms with Crippen molar-refractivity contribution in [3.63, 3.8) is 0 Å². The van der Waals surface area contributed by atoms with E-state index in [1.807, 2.05) is 12.1 Å². The summed E-state index contributed by atoms with van der Waals surface area (Å²) in [4.78, 5) is 2.46. The Kier molecular flexibility index (Phi) is 3.85. The van der Waals surface area contributed by atoms with E-state index in [9.17, 15) is 9.50 Å². The molecular formula is C16H22FNO. The van der Waals surface area contributed by atoms with Crippen molar-refractivity contribution in [2.75, 3.05) is 13.1 Å². The first-order chi connectivity index (χ1) is 9.24. The molecular weight excluding hydrogens is 241 g/mol. The number of aliphatic hydroxyl groups excluding tert-OH is 1. The molecule has 1 aromatic carbocycles. The molecule has 3 unspecified atom stereocenters. The van der Waals surface area contributed by atoms with Gasteiger partial charge in [-0.3, -0.25) is 4.90 Å². The summed E-state index contributed by atoms with van der Waals surface area (Å²) in [5, 5.41) is 10.3. The van der Waals surface area contributed by atoms with Crippen molar-refractivity contribution in [3.8, 4) is 0 Å². The predicted molar refractivity (Wildman–Crippen MR) is 73.6 cm³/mol. The van der Waals surface area contributed by atoms with Crippen LogP contribution in [0.1, 0.15) is 43.6 Å². The van der Waals surface area contributed by atoms with E-state index in [0.29, 0.717) is 12.0 Å². The third-order valence-electron chi connectivity index (χ3n) is 4.70. The summed E-state index contributed by atoms with van der Waals surface area (Å²) < 4.78 is 13.0. The molecule has 1 aliphatic heterocycles. The molecule has 1 saturated carbocycles. The van der Waals surface area contributed by atoms with Gasteiger partial charge in [-0.15, -0.1) is 0 Å². The topological polar surface area (TPSA) is 23.5 Å². The van der Waals surface area contributed by atoms with Crippen molar-refractivity contribution >= 4 is 0 Å². The molecule has 1 aliphatic carbocycles. The third-order valence-corrected chi connectivity index (χ3v) is 4.70. The summed E-state index contributed by atoms with van der Waals surface area (Å²) in [6, 6.07) is 7.08. The Labute approximate surface area is 114 Å². The number of rotatable bonds is 2. The zero-order chi connectivity index (χ0) is 13.2. The first kappa shape index (κ1) is 13.1. The molecule has 0 spiro atoms. The van der Waals surface area contributed by atoms with Crippen LogP contribution in [0.4, 0.5) is 4.39 Å². The molecule has 19 heavy (non-hydrogen) atoms. The number of aliphatic hydroxyl groups is 1. The zero-order valence-electron chi connectivity index (χ0n) is 11.3. The summed E-state index contributed by atoms with van der Waals surface area (Å²) in [5.74, 6) is 0.192. The van der Waals surface area contributed by atoms with Gasteiger partial charge >= 0.3 is 0 Å². The van der Waals surface area contributed by atoms with Crippen LogP contribution in [0.3, 0.4) is 0 Å². The van der Waals surface area contributed by atoms with Crippen LogP contribution in [0.5, 0.6) is 0 Å². The number of nitrogens with zero attached hydrogens (tertiary/aromatic N) is 1. The van der Waals surface area contributed by atoms with Crippen LogP contribution < -0.4 is 0 Å². The fourth-order valence-corrected chi connectivity index (χ4v) is 3.64. The van der Waals surface area contributed by atoms with Crippen LogP contribution in [0.2, 0.25) is 0 Å². The fourth-order valence-electron chi connectivity index (χ4n) is 3.64. The summed E-state index contributed by atoms with van der Waals surface area (Å²) in [7, 11) is 0. The highest BCUT2D eigenvalue weighted by Crippen LogP contribution is 2.38. The Morgan fingerprint density at radius 1 is 1.00 bits per heavy atom. The predicted octanol–water partition coefficient (Wildman–Crippen LogP) is 2.92. The maximum Gasteiger partial charge on any atom is 0.123 e. The van der Waals surface area contributed by atoms with Crippen LogP contribution in [0.25, 0.3) is 0 Å². The molecule has 1 saturated heterocycles. The second-order valence-corrected chi connectivity index (χ2v) is 5.95. The lowest BCUT2D eigenvalue weighted by Gasteiger charge is -2.34. The quantitative estimate of drug-likeness (QED) is 0.887. The van der Waals surface area contributed by atoms with Gasteiger partial charge in [-0.2, -0.15) is 0 Å². The van der Waals surface area contributed by atoms with Crippen molar-refractivity contribution in [1.82, 2.24) is 4.90 Å². The van der Waals surface area contributed by atoms with Crippen LogP contribution >= 0.6 is 0 Å². The second kappa shape index (κ2) is 5.59. The van der Waals surface area contributed by atoms with E-state index in [-0.39, 0.29) is 11.9 Å². The van der Waals surface area contributed by atoms with Gasteiger partial charge in [0.2, 0.25) is 0 Å². The highest BCUT2D eigenvalue weighted by Gasteiger charge is 2.37. The SMILES string of the molecule is OC1CC(c2ccc(F)cc2)CC1N1CCCCC1. The Hall–Kier alpha value is -0.930. The number of benzene rings is 1. The van der Waals surface area contributed by atoms with Crippen molar-refractivity contribution in [2.24, 2.45) is 0 Å². The van der Waals surface area contributed by atoms with E-state index in [4.69, 9.17) is 0 Å². The smallest absolute Gasteiger partial charge is 0.123 e. The molecule has 0 bridgehead atoms. The van der Waals surface area contributed by atoms with E-state index in [1.54, 1.807) is 0 Å². The molecule has 3 atom stereocenters. The van der Waals surface area contributed by atoms with E-state index in [2.05, 4.69) is 4.90 Å². The second-order valence-electron chi connectivity index (χ2n) is 5.95. The van der Waals surface area contributed by atoms with Crippen molar-refractivity contribution in [1.29, 1.82) is 0 Å². The van der Waals surface area contributed by atoms with Gasteiger partial charge in [0.05, 0.1) is 6.10 Å². The van der Waals surface area contributed by atoms with Gasteiger partial charge in [0.25, 0.3) is 0 Å². The Balaban J connectivity index is 1.68. The molecule has 1 heterocycles. The Bertz CT molecular complexity index is 413. The number of hydrogen-bond acceptors (Lipinski definition) is 2. The molecule has 2 nitrogen and oxygen atoms in total. The van der Waals surface area contributed by atoms with Crippen LogP contribution in [-0.2, 0) is 0 Å². The van der Waals surface area contributed by atoms with E-state index < -0.39 is 0 Å². The standard InChI is InChI=1S/C16H22FNO/c17-14-6-4-12(5-7-14)13-10-15(16(19)11-13)18-8-2-1-3-9-18/h4-7,13,15-16,19H,1-3,8-11H2. The average molecular weight is 263 g/mol. The normalized spacial score (nSPS) is 32.6. The van der Waals surface area contributed by atoms with Gasteiger partial charge in [0, 0.05) is 6.04 Å². The molecule has 1 N–H and O–H groups in total. The number of piperidine rings is 1. The van der Waals surface area contributed by atoms with Gasteiger partial charge < -0.3 is 5.11 Å². The van der Waals surface area contributed by atoms with Crippen molar-refractivity contribution < 1.29 is 9.50 Å². The number of hydrogen-bond donors (Lipinski definition) is 1. The maximum absolute atomic E-state index is 13.0. The largest absolute Gasteiger partial charge is 0.391 e. The number of likely N-dealkylation sites (tertiary alicyclic amines) is 1. The number of halogens is 1. The van der Waals surface area contributed by atoms with E-state index in [0.717, 1.165) is 25.9 Å². The molecule has 2 fully saturated rings. The fraction of sp³-hybridized carbons (Fsp3) is 0.625. The van der Waals surface area contributed by atoms with E-state index in [1.165, 1.54) is 37.0 Å². The molecule has 3 heteroatoms. The molecule has 3 rings (SSSR count). The van der Waals surface area contributed by atoms with Gasteiger partial charge in [-0.25, -0.2) is 4.39 Å². The summed E-state index contributed by atoms with van der Waals surface area (Å²) >= 11 is 0. The lowest BCUT2D eigenvalue weighted by Crippen LogP contribution is -2.43. The molecule has 0 aromatic heterocycles. The van der Waals surface area contributed by atoms with Crippen LogP contribution in [-0.4, -0.2) is 35.2 Å². The highest BCUT2D eigenvalue weighted by atomic mass is 19.1. The van der Waals surface area contributed by atoms with Gasteiger partial charge in [-0.1, -0.05) is 18.6 Å². The zero-order valence-corrected chi connectivity index (χ0v) is 11.3. The molecule has 0 radical (unpaired) electrons. The molecule has 1 aromatic rings. The van der Waals surface area contributed by atoms with Crippen molar-refractivity contribution in [2.45, 2.75) is 50.2 Å². The monoisotopic (exact) mass is 263 g/mol. The Morgan fingerprint density at radius 2 is 1.68 bits per heavy atom. The van der Waals surface area contributed by atoms with Crippen LogP contribution in [0.15, 0.2) is 24.3 Å². The highest BCUT2D eigenvalue weighted by molar-refractivity contribution is 5.22. The average Bonchev–Trinajstić information content (AvgIpc) is 2.83. The molecule has 104 valence electrons. The van der Waals surface area contributed by atoms with Crippen LogP contribution in [0, 0.1) is 5.82 Å². The maximum atomic E-state index is 13.0. The molecule has 0 amide bonds. The van der Waals surface area contributed by atoms with Gasteiger partial charge in [-0.05, 0) is 62.4 Å². The summed E-state index contributed by atoms with van der Waals surface area (Å²) in [5.41, 5.74) is 1.17.